The van der Waals surface area contributed by atoms with Gasteiger partial charge >= 0.3 is 5.97 Å². The van der Waals surface area contributed by atoms with Crippen LogP contribution >= 0.6 is 0 Å². The standard InChI is InChI=1S/C20H19NO4/c22-18(14-5-2-1-3-6-14)13-21-12-17-9-10-19(25-17)15-7-4-8-16(11-15)20(23)24/h1-11,18,21-22H,12-13H2,(H,23,24)/t18-/m1/s1. The molecule has 3 rings (SSSR count). The number of carbonyl (C=O) groups is 1. The van der Waals surface area contributed by atoms with Gasteiger partial charge in [0, 0.05) is 12.1 Å². The van der Waals surface area contributed by atoms with Gasteiger partial charge in [-0.15, -0.1) is 0 Å². The van der Waals surface area contributed by atoms with Crippen LogP contribution in [0, 0.1) is 0 Å². The maximum absolute atomic E-state index is 11.0. The second kappa shape index (κ2) is 7.79. The molecule has 0 spiro atoms. The monoisotopic (exact) mass is 337 g/mol. The van der Waals surface area contributed by atoms with Gasteiger partial charge in [0.1, 0.15) is 11.5 Å². The second-order valence-corrected chi connectivity index (χ2v) is 5.71. The lowest BCUT2D eigenvalue weighted by molar-refractivity contribution is 0.0697. The van der Waals surface area contributed by atoms with E-state index in [4.69, 9.17) is 9.52 Å². The molecule has 1 atom stereocenters. The molecule has 0 bridgehead atoms. The molecule has 1 heterocycles. The number of aliphatic hydroxyl groups is 1. The molecule has 1 aromatic heterocycles. The first-order chi connectivity index (χ1) is 12.1. The summed E-state index contributed by atoms with van der Waals surface area (Å²) in [6.07, 6.45) is -0.581. The summed E-state index contributed by atoms with van der Waals surface area (Å²) in [6, 6.07) is 19.7. The predicted octanol–water partition coefficient (Wildman–Crippen LogP) is 3.47. The lowest BCUT2D eigenvalue weighted by Gasteiger charge is -2.11. The fourth-order valence-electron chi connectivity index (χ4n) is 2.56. The summed E-state index contributed by atoms with van der Waals surface area (Å²) in [6.45, 7) is 0.886. The first kappa shape index (κ1) is 17.0. The number of hydrogen-bond donors (Lipinski definition) is 3. The van der Waals surface area contributed by atoms with Gasteiger partial charge in [0.25, 0.3) is 0 Å². The van der Waals surface area contributed by atoms with Crippen LogP contribution in [0.15, 0.2) is 71.1 Å². The van der Waals surface area contributed by atoms with Gasteiger partial charge < -0.3 is 19.9 Å². The van der Waals surface area contributed by atoms with E-state index in [1.807, 2.05) is 48.5 Å². The van der Waals surface area contributed by atoms with Gasteiger partial charge in [-0.25, -0.2) is 4.79 Å². The second-order valence-electron chi connectivity index (χ2n) is 5.71. The molecule has 128 valence electrons. The summed E-state index contributed by atoms with van der Waals surface area (Å²) in [4.78, 5) is 11.0. The topological polar surface area (TPSA) is 82.7 Å². The third-order valence-corrected chi connectivity index (χ3v) is 3.88. The zero-order valence-corrected chi connectivity index (χ0v) is 13.6. The van der Waals surface area contributed by atoms with E-state index in [-0.39, 0.29) is 5.56 Å². The minimum absolute atomic E-state index is 0.222. The summed E-state index contributed by atoms with van der Waals surface area (Å²) < 4.78 is 5.75. The number of nitrogens with one attached hydrogen (secondary N) is 1. The molecule has 3 aromatic rings. The number of carboxylic acid groups (broad SMARTS) is 1. The summed E-state index contributed by atoms with van der Waals surface area (Å²) in [5.74, 6) is 0.365. The van der Waals surface area contributed by atoms with E-state index in [9.17, 15) is 9.90 Å². The van der Waals surface area contributed by atoms with Crippen molar-refractivity contribution in [2.45, 2.75) is 12.6 Å². The highest BCUT2D eigenvalue weighted by atomic mass is 16.4. The van der Waals surface area contributed by atoms with Crippen molar-refractivity contribution in [3.63, 3.8) is 0 Å². The van der Waals surface area contributed by atoms with E-state index < -0.39 is 12.1 Å². The van der Waals surface area contributed by atoms with E-state index in [0.29, 0.717) is 18.8 Å². The van der Waals surface area contributed by atoms with E-state index in [0.717, 1.165) is 16.9 Å². The maximum atomic E-state index is 11.0. The summed E-state index contributed by atoms with van der Waals surface area (Å²) in [7, 11) is 0. The van der Waals surface area contributed by atoms with Gasteiger partial charge in [-0.1, -0.05) is 42.5 Å². The first-order valence-corrected chi connectivity index (χ1v) is 7.99. The lowest BCUT2D eigenvalue weighted by atomic mass is 10.1. The Hall–Kier alpha value is -2.89. The fourth-order valence-corrected chi connectivity index (χ4v) is 2.56. The molecule has 25 heavy (non-hydrogen) atoms. The van der Waals surface area contributed by atoms with Gasteiger partial charge in [-0.3, -0.25) is 0 Å². The summed E-state index contributed by atoms with van der Waals surface area (Å²) in [5.41, 5.74) is 1.80. The molecule has 0 saturated carbocycles. The zero-order chi connectivity index (χ0) is 17.6. The van der Waals surface area contributed by atoms with Crippen LogP contribution in [0.4, 0.5) is 0 Å². The number of benzene rings is 2. The predicted molar refractivity (Wildman–Crippen MR) is 94.2 cm³/mol. The van der Waals surface area contributed by atoms with E-state index in [2.05, 4.69) is 5.32 Å². The molecule has 0 radical (unpaired) electrons. The number of furan rings is 1. The molecule has 2 aromatic carbocycles. The highest BCUT2D eigenvalue weighted by Crippen LogP contribution is 2.23. The smallest absolute Gasteiger partial charge is 0.335 e. The minimum atomic E-state index is -0.967. The Morgan fingerprint density at radius 2 is 1.84 bits per heavy atom. The molecule has 0 aliphatic carbocycles. The molecule has 0 aliphatic rings. The van der Waals surface area contributed by atoms with Crippen molar-refractivity contribution in [3.05, 3.63) is 83.6 Å². The number of aliphatic hydroxyl groups excluding tert-OH is 1. The first-order valence-electron chi connectivity index (χ1n) is 7.99. The Kier molecular flexibility index (Phi) is 5.28. The minimum Gasteiger partial charge on any atom is -0.478 e. The van der Waals surface area contributed by atoms with Crippen molar-refractivity contribution in [3.8, 4) is 11.3 Å². The van der Waals surface area contributed by atoms with Crippen molar-refractivity contribution in [2.75, 3.05) is 6.54 Å². The van der Waals surface area contributed by atoms with Crippen LogP contribution in [-0.2, 0) is 6.54 Å². The zero-order valence-electron chi connectivity index (χ0n) is 13.6. The average molecular weight is 337 g/mol. The van der Waals surface area contributed by atoms with Crippen LogP contribution < -0.4 is 5.32 Å². The van der Waals surface area contributed by atoms with Crippen molar-refractivity contribution >= 4 is 5.97 Å². The van der Waals surface area contributed by atoms with Crippen molar-refractivity contribution < 1.29 is 19.4 Å². The van der Waals surface area contributed by atoms with Gasteiger partial charge in [0.15, 0.2) is 0 Å². The fraction of sp³-hybridized carbons (Fsp3) is 0.150. The number of carboxylic acids is 1. The van der Waals surface area contributed by atoms with Crippen LogP contribution in [0.25, 0.3) is 11.3 Å². The lowest BCUT2D eigenvalue weighted by Crippen LogP contribution is -2.20. The SMILES string of the molecule is O=C(O)c1cccc(-c2ccc(CNC[C@@H](O)c3ccccc3)o2)c1. The van der Waals surface area contributed by atoms with E-state index >= 15 is 0 Å². The Morgan fingerprint density at radius 3 is 2.60 bits per heavy atom. The van der Waals surface area contributed by atoms with Crippen molar-refractivity contribution in [1.82, 2.24) is 5.32 Å². The van der Waals surface area contributed by atoms with Crippen LogP contribution in [0.5, 0.6) is 0 Å². The Morgan fingerprint density at radius 1 is 1.04 bits per heavy atom. The highest BCUT2D eigenvalue weighted by molar-refractivity contribution is 5.89. The van der Waals surface area contributed by atoms with Crippen LogP contribution in [0.3, 0.4) is 0 Å². The molecule has 3 N–H and O–H groups in total. The Balaban J connectivity index is 1.59. The molecule has 0 aliphatic heterocycles. The highest BCUT2D eigenvalue weighted by Gasteiger charge is 2.10. The Bertz CT molecular complexity index is 842. The van der Waals surface area contributed by atoms with E-state index in [1.165, 1.54) is 0 Å². The normalized spacial score (nSPS) is 12.0. The third-order valence-electron chi connectivity index (χ3n) is 3.88. The van der Waals surface area contributed by atoms with Gasteiger partial charge in [-0.05, 0) is 29.8 Å². The molecular formula is C20H19NO4. The Labute approximate surface area is 145 Å². The maximum Gasteiger partial charge on any atom is 0.335 e. The van der Waals surface area contributed by atoms with Crippen LogP contribution in [0.1, 0.15) is 27.8 Å². The molecule has 0 saturated heterocycles. The molecular weight excluding hydrogens is 318 g/mol. The number of aromatic carboxylic acids is 1. The quantitative estimate of drug-likeness (QED) is 0.615. The van der Waals surface area contributed by atoms with Gasteiger partial charge in [0.05, 0.1) is 18.2 Å². The van der Waals surface area contributed by atoms with Crippen LogP contribution in [-0.4, -0.2) is 22.7 Å². The molecule has 0 amide bonds. The third kappa shape index (κ3) is 4.35. The molecule has 5 nitrogen and oxygen atoms in total. The summed E-state index contributed by atoms with van der Waals surface area (Å²) >= 11 is 0. The number of rotatable bonds is 7. The molecule has 5 heteroatoms. The molecule has 0 fully saturated rings. The van der Waals surface area contributed by atoms with Gasteiger partial charge in [0.2, 0.25) is 0 Å². The van der Waals surface area contributed by atoms with Crippen molar-refractivity contribution in [1.29, 1.82) is 0 Å². The van der Waals surface area contributed by atoms with Gasteiger partial charge in [-0.2, -0.15) is 0 Å². The van der Waals surface area contributed by atoms with Crippen LogP contribution in [0.2, 0.25) is 0 Å². The molecule has 0 unspecified atom stereocenters. The average Bonchev–Trinajstić information content (AvgIpc) is 3.11. The summed E-state index contributed by atoms with van der Waals surface area (Å²) in [5, 5.41) is 22.3. The number of hydrogen-bond acceptors (Lipinski definition) is 4. The largest absolute Gasteiger partial charge is 0.478 e. The van der Waals surface area contributed by atoms with E-state index in [1.54, 1.807) is 18.2 Å². The van der Waals surface area contributed by atoms with Crippen molar-refractivity contribution in [2.24, 2.45) is 0 Å².